The van der Waals surface area contributed by atoms with Crippen LogP contribution in [0.25, 0.3) is 0 Å². The quantitative estimate of drug-likeness (QED) is 0.762. The summed E-state index contributed by atoms with van der Waals surface area (Å²) in [5.74, 6) is -0.110. The van der Waals surface area contributed by atoms with Crippen molar-refractivity contribution in [2.75, 3.05) is 12.3 Å². The summed E-state index contributed by atoms with van der Waals surface area (Å²) in [6, 6.07) is -0.987. The molecule has 0 bridgehead atoms. The van der Waals surface area contributed by atoms with Gasteiger partial charge in [0.05, 0.1) is 0 Å². The van der Waals surface area contributed by atoms with Gasteiger partial charge in [-0.1, -0.05) is 6.92 Å². The first-order valence-electron chi connectivity index (χ1n) is 5.35. The Hall–Kier alpha value is -0.910. The van der Waals surface area contributed by atoms with Crippen molar-refractivity contribution < 1.29 is 14.7 Å². The summed E-state index contributed by atoms with van der Waals surface area (Å²) in [6.07, 6.45) is 0. The van der Waals surface area contributed by atoms with Crippen molar-refractivity contribution in [1.29, 1.82) is 0 Å². The van der Waals surface area contributed by atoms with Crippen LogP contribution in [0.2, 0.25) is 0 Å². The maximum Gasteiger partial charge on any atom is 0.325 e. The molecule has 0 aromatic carbocycles. The zero-order chi connectivity index (χ0) is 12.3. The van der Waals surface area contributed by atoms with Crippen LogP contribution in [0.3, 0.4) is 0 Å². The number of hydrogen-bond acceptors (Lipinski definition) is 3. The number of carbonyl (C=O) groups is 2. The molecule has 1 saturated heterocycles. The zero-order valence-electron chi connectivity index (χ0n) is 9.77. The first-order valence-corrected chi connectivity index (χ1v) is 6.40. The summed E-state index contributed by atoms with van der Waals surface area (Å²) < 4.78 is 0. The van der Waals surface area contributed by atoms with E-state index in [0.29, 0.717) is 11.8 Å². The number of amides is 2. The molecule has 0 spiro atoms. The standard InChI is InChI=1S/C10H18N2O3S/c1-6(9(13)14)11-10(15)12-4-5-16-8(3)7(12)2/h6-8H,4-5H2,1-3H3,(H,11,15)(H,13,14). The molecule has 0 radical (unpaired) electrons. The summed E-state index contributed by atoms with van der Waals surface area (Å²) in [7, 11) is 0. The van der Waals surface area contributed by atoms with Crippen molar-refractivity contribution in [2.24, 2.45) is 0 Å². The van der Waals surface area contributed by atoms with Gasteiger partial charge in [-0.2, -0.15) is 11.8 Å². The van der Waals surface area contributed by atoms with E-state index in [0.717, 1.165) is 5.75 Å². The molecule has 0 aliphatic carbocycles. The first kappa shape index (κ1) is 13.2. The van der Waals surface area contributed by atoms with Gasteiger partial charge in [0.25, 0.3) is 0 Å². The second-order valence-electron chi connectivity index (χ2n) is 4.02. The fourth-order valence-electron chi connectivity index (χ4n) is 1.55. The zero-order valence-corrected chi connectivity index (χ0v) is 10.6. The lowest BCUT2D eigenvalue weighted by atomic mass is 10.2. The maximum atomic E-state index is 11.8. The van der Waals surface area contributed by atoms with Crippen LogP contribution in [-0.4, -0.2) is 51.6 Å². The fourth-order valence-corrected chi connectivity index (χ4v) is 2.65. The minimum Gasteiger partial charge on any atom is -0.480 e. The fraction of sp³-hybridized carbons (Fsp3) is 0.800. The Morgan fingerprint density at radius 3 is 2.69 bits per heavy atom. The van der Waals surface area contributed by atoms with Gasteiger partial charge in [0.1, 0.15) is 6.04 Å². The summed E-state index contributed by atoms with van der Waals surface area (Å²) in [6.45, 7) is 6.21. The maximum absolute atomic E-state index is 11.8. The first-order chi connectivity index (χ1) is 7.43. The highest BCUT2D eigenvalue weighted by atomic mass is 32.2. The predicted molar refractivity (Wildman–Crippen MR) is 63.7 cm³/mol. The van der Waals surface area contributed by atoms with Crippen molar-refractivity contribution in [3.63, 3.8) is 0 Å². The number of thioether (sulfide) groups is 1. The van der Waals surface area contributed by atoms with Crippen LogP contribution >= 0.6 is 11.8 Å². The third kappa shape index (κ3) is 3.04. The smallest absolute Gasteiger partial charge is 0.325 e. The molecule has 1 heterocycles. The lowest BCUT2D eigenvalue weighted by molar-refractivity contribution is -0.138. The Bertz CT molecular complexity index is 285. The lowest BCUT2D eigenvalue weighted by Crippen LogP contribution is -2.54. The SMILES string of the molecule is CC(NC(=O)N1CCSC(C)C1C)C(=O)O. The van der Waals surface area contributed by atoms with Crippen molar-refractivity contribution in [3.05, 3.63) is 0 Å². The average molecular weight is 246 g/mol. The van der Waals surface area contributed by atoms with Crippen LogP contribution in [0.1, 0.15) is 20.8 Å². The highest BCUT2D eigenvalue weighted by Gasteiger charge is 2.30. The van der Waals surface area contributed by atoms with Gasteiger partial charge in [0, 0.05) is 23.6 Å². The van der Waals surface area contributed by atoms with E-state index in [1.165, 1.54) is 6.92 Å². The normalized spacial score (nSPS) is 27.3. The number of carboxylic acid groups (broad SMARTS) is 1. The Balaban J connectivity index is 2.56. The molecule has 6 heteroatoms. The molecule has 92 valence electrons. The van der Waals surface area contributed by atoms with Gasteiger partial charge < -0.3 is 15.3 Å². The number of aliphatic carboxylic acids is 1. The highest BCUT2D eigenvalue weighted by Crippen LogP contribution is 2.24. The van der Waals surface area contributed by atoms with E-state index in [-0.39, 0.29) is 12.1 Å². The number of nitrogens with zero attached hydrogens (tertiary/aromatic N) is 1. The second kappa shape index (κ2) is 5.43. The average Bonchev–Trinajstić information content (AvgIpc) is 2.21. The number of hydrogen-bond donors (Lipinski definition) is 2. The van der Waals surface area contributed by atoms with Crippen LogP contribution in [0.15, 0.2) is 0 Å². The van der Waals surface area contributed by atoms with Gasteiger partial charge >= 0.3 is 12.0 Å². The molecule has 3 unspecified atom stereocenters. The van der Waals surface area contributed by atoms with Crippen LogP contribution < -0.4 is 5.32 Å². The number of carboxylic acids is 1. The summed E-state index contributed by atoms with van der Waals surface area (Å²) in [4.78, 5) is 24.1. The van der Waals surface area contributed by atoms with E-state index in [1.54, 1.807) is 4.90 Å². The number of urea groups is 1. The third-order valence-electron chi connectivity index (χ3n) is 2.86. The molecule has 5 nitrogen and oxygen atoms in total. The van der Waals surface area contributed by atoms with Gasteiger partial charge in [-0.15, -0.1) is 0 Å². The number of nitrogens with one attached hydrogen (secondary N) is 1. The predicted octanol–water partition coefficient (Wildman–Crippen LogP) is 0.995. The topological polar surface area (TPSA) is 69.6 Å². The van der Waals surface area contributed by atoms with Crippen LogP contribution in [0.4, 0.5) is 4.79 Å². The molecule has 0 aromatic rings. The molecule has 1 aliphatic rings. The molecule has 2 N–H and O–H groups in total. The van der Waals surface area contributed by atoms with Gasteiger partial charge in [0.2, 0.25) is 0 Å². The molecule has 3 atom stereocenters. The molecule has 0 aromatic heterocycles. The Kier molecular flexibility index (Phi) is 4.46. The minimum atomic E-state index is -1.01. The Labute approximate surface area is 99.6 Å². The molecule has 1 fully saturated rings. The van der Waals surface area contributed by atoms with E-state index in [4.69, 9.17) is 5.11 Å². The largest absolute Gasteiger partial charge is 0.480 e. The van der Waals surface area contributed by atoms with Gasteiger partial charge in [-0.05, 0) is 13.8 Å². The van der Waals surface area contributed by atoms with Gasteiger partial charge in [0.15, 0.2) is 0 Å². The van der Waals surface area contributed by atoms with Crippen molar-refractivity contribution in [3.8, 4) is 0 Å². The van der Waals surface area contributed by atoms with Gasteiger partial charge in [-0.3, -0.25) is 4.79 Å². The highest BCUT2D eigenvalue weighted by molar-refractivity contribution is 8.00. The Morgan fingerprint density at radius 2 is 2.12 bits per heavy atom. The molecular formula is C10H18N2O3S. The summed E-state index contributed by atoms with van der Waals surface area (Å²) in [5, 5.41) is 11.6. The van der Waals surface area contributed by atoms with E-state index in [1.807, 2.05) is 18.7 Å². The molecule has 0 saturated carbocycles. The molecule has 2 amide bonds. The molecular weight excluding hydrogens is 228 g/mol. The van der Waals surface area contributed by atoms with Crippen LogP contribution in [0, 0.1) is 0 Å². The van der Waals surface area contributed by atoms with Crippen molar-refractivity contribution in [2.45, 2.75) is 38.1 Å². The van der Waals surface area contributed by atoms with E-state index >= 15 is 0 Å². The summed E-state index contributed by atoms with van der Waals surface area (Å²) in [5.41, 5.74) is 0. The van der Waals surface area contributed by atoms with E-state index in [9.17, 15) is 9.59 Å². The molecule has 1 rings (SSSR count). The number of carbonyl (C=O) groups excluding carboxylic acids is 1. The van der Waals surface area contributed by atoms with Crippen molar-refractivity contribution in [1.82, 2.24) is 10.2 Å². The molecule has 16 heavy (non-hydrogen) atoms. The van der Waals surface area contributed by atoms with Crippen LogP contribution in [0.5, 0.6) is 0 Å². The lowest BCUT2D eigenvalue weighted by Gasteiger charge is -2.37. The van der Waals surface area contributed by atoms with Crippen molar-refractivity contribution >= 4 is 23.8 Å². The van der Waals surface area contributed by atoms with E-state index in [2.05, 4.69) is 12.2 Å². The van der Waals surface area contributed by atoms with Crippen LogP contribution in [-0.2, 0) is 4.79 Å². The number of rotatable bonds is 2. The van der Waals surface area contributed by atoms with Gasteiger partial charge in [-0.25, -0.2) is 4.79 Å². The third-order valence-corrected chi connectivity index (χ3v) is 4.19. The van der Waals surface area contributed by atoms with E-state index < -0.39 is 12.0 Å². The second-order valence-corrected chi connectivity index (χ2v) is 5.50. The monoisotopic (exact) mass is 246 g/mol. The minimum absolute atomic E-state index is 0.139. The molecule has 1 aliphatic heterocycles. The summed E-state index contributed by atoms with van der Waals surface area (Å²) >= 11 is 1.83. The Morgan fingerprint density at radius 1 is 1.50 bits per heavy atom.